The number of benzene rings is 2. The summed E-state index contributed by atoms with van der Waals surface area (Å²) < 4.78 is 0. The van der Waals surface area contributed by atoms with Gasteiger partial charge < -0.3 is 11.1 Å². The number of nitrogens with one attached hydrogen (secondary N) is 1. The van der Waals surface area contributed by atoms with Gasteiger partial charge in [0, 0.05) is 17.3 Å². The fraction of sp³-hybridized carbons (Fsp3) is 0.278. The standard InChI is InChI=1S/C18H22N2S/c1-13-12-16(10-11-17(13)18(19)21)20-14(2)8-9-15-6-4-3-5-7-15/h3-7,10-12,14,20H,8-9H2,1-2H3,(H2,19,21). The summed E-state index contributed by atoms with van der Waals surface area (Å²) in [5, 5.41) is 3.54. The molecule has 2 aromatic rings. The average Bonchev–Trinajstić information content (AvgIpc) is 2.46. The Labute approximate surface area is 132 Å². The SMILES string of the molecule is Cc1cc(NC(C)CCc2ccccc2)ccc1C(N)=S. The summed E-state index contributed by atoms with van der Waals surface area (Å²) in [6.45, 7) is 4.24. The molecule has 0 heterocycles. The van der Waals surface area contributed by atoms with Gasteiger partial charge in [0.1, 0.15) is 4.99 Å². The summed E-state index contributed by atoms with van der Waals surface area (Å²) in [7, 11) is 0. The molecule has 3 N–H and O–H groups in total. The lowest BCUT2D eigenvalue weighted by Crippen LogP contribution is -2.17. The van der Waals surface area contributed by atoms with Crippen LogP contribution in [-0.4, -0.2) is 11.0 Å². The molecule has 0 bridgehead atoms. The van der Waals surface area contributed by atoms with Gasteiger partial charge in [0.15, 0.2) is 0 Å². The van der Waals surface area contributed by atoms with Crippen molar-refractivity contribution in [2.75, 3.05) is 5.32 Å². The molecule has 0 saturated heterocycles. The first kappa shape index (κ1) is 15.5. The van der Waals surface area contributed by atoms with E-state index in [1.165, 1.54) is 5.56 Å². The van der Waals surface area contributed by atoms with Crippen molar-refractivity contribution < 1.29 is 0 Å². The van der Waals surface area contributed by atoms with Crippen LogP contribution in [0.2, 0.25) is 0 Å². The van der Waals surface area contributed by atoms with E-state index in [1.807, 2.05) is 19.1 Å². The summed E-state index contributed by atoms with van der Waals surface area (Å²) in [5.41, 5.74) is 10.3. The van der Waals surface area contributed by atoms with E-state index in [2.05, 4.69) is 48.6 Å². The predicted molar refractivity (Wildman–Crippen MR) is 94.9 cm³/mol. The van der Waals surface area contributed by atoms with E-state index in [-0.39, 0.29) is 0 Å². The minimum Gasteiger partial charge on any atom is -0.389 e. The maximum Gasteiger partial charge on any atom is 0.104 e. The fourth-order valence-corrected chi connectivity index (χ4v) is 2.64. The summed E-state index contributed by atoms with van der Waals surface area (Å²) in [4.78, 5) is 0.455. The highest BCUT2D eigenvalue weighted by molar-refractivity contribution is 7.80. The van der Waals surface area contributed by atoms with Crippen LogP contribution in [0.15, 0.2) is 48.5 Å². The van der Waals surface area contributed by atoms with Crippen LogP contribution in [0.5, 0.6) is 0 Å². The second-order valence-corrected chi connectivity index (χ2v) is 5.90. The van der Waals surface area contributed by atoms with Gasteiger partial charge in [-0.3, -0.25) is 0 Å². The van der Waals surface area contributed by atoms with Gasteiger partial charge in [-0.1, -0.05) is 42.5 Å². The molecule has 0 fully saturated rings. The van der Waals surface area contributed by atoms with E-state index in [0.717, 1.165) is 29.7 Å². The van der Waals surface area contributed by atoms with Crippen molar-refractivity contribution in [3.8, 4) is 0 Å². The molecule has 0 radical (unpaired) electrons. The lowest BCUT2D eigenvalue weighted by atomic mass is 10.0. The Morgan fingerprint density at radius 3 is 2.52 bits per heavy atom. The van der Waals surface area contributed by atoms with E-state index in [1.54, 1.807) is 0 Å². The number of nitrogens with two attached hydrogens (primary N) is 1. The zero-order valence-corrected chi connectivity index (χ0v) is 13.4. The van der Waals surface area contributed by atoms with Crippen LogP contribution >= 0.6 is 12.2 Å². The van der Waals surface area contributed by atoms with Crippen molar-refractivity contribution in [2.45, 2.75) is 32.7 Å². The summed E-state index contributed by atoms with van der Waals surface area (Å²) in [6, 6.07) is 17.1. The molecule has 3 heteroatoms. The fourth-order valence-electron chi connectivity index (χ4n) is 2.41. The smallest absolute Gasteiger partial charge is 0.104 e. The van der Waals surface area contributed by atoms with E-state index < -0.39 is 0 Å². The molecule has 21 heavy (non-hydrogen) atoms. The molecule has 0 saturated carbocycles. The van der Waals surface area contributed by atoms with Gasteiger partial charge >= 0.3 is 0 Å². The highest BCUT2D eigenvalue weighted by Gasteiger charge is 2.06. The predicted octanol–water partition coefficient (Wildman–Crippen LogP) is 4.06. The second-order valence-electron chi connectivity index (χ2n) is 5.46. The van der Waals surface area contributed by atoms with Crippen molar-refractivity contribution >= 4 is 22.9 Å². The van der Waals surface area contributed by atoms with Gasteiger partial charge in [0.25, 0.3) is 0 Å². The number of rotatable bonds is 6. The Morgan fingerprint density at radius 2 is 1.90 bits per heavy atom. The average molecular weight is 298 g/mol. The molecule has 2 rings (SSSR count). The van der Waals surface area contributed by atoms with Crippen molar-refractivity contribution in [1.29, 1.82) is 0 Å². The molecule has 0 amide bonds. The first-order valence-corrected chi connectivity index (χ1v) is 7.68. The van der Waals surface area contributed by atoms with Gasteiger partial charge in [-0.05, 0) is 56.0 Å². The van der Waals surface area contributed by atoms with Crippen LogP contribution in [0.25, 0.3) is 0 Å². The largest absolute Gasteiger partial charge is 0.389 e. The van der Waals surface area contributed by atoms with Gasteiger partial charge in [-0.15, -0.1) is 0 Å². The van der Waals surface area contributed by atoms with Crippen LogP contribution in [0, 0.1) is 6.92 Å². The maximum absolute atomic E-state index is 5.69. The van der Waals surface area contributed by atoms with E-state index in [9.17, 15) is 0 Å². The third kappa shape index (κ3) is 4.57. The third-order valence-electron chi connectivity index (χ3n) is 3.61. The molecule has 0 aliphatic rings. The molecule has 2 nitrogen and oxygen atoms in total. The lowest BCUT2D eigenvalue weighted by molar-refractivity contribution is 0.706. The quantitative estimate of drug-likeness (QED) is 0.790. The number of anilines is 1. The molecular formula is C18H22N2S. The normalized spacial score (nSPS) is 11.9. The summed E-state index contributed by atoms with van der Waals surface area (Å²) in [5.74, 6) is 0. The van der Waals surface area contributed by atoms with E-state index >= 15 is 0 Å². The second kappa shape index (κ2) is 7.23. The summed E-state index contributed by atoms with van der Waals surface area (Å²) in [6.07, 6.45) is 2.18. The van der Waals surface area contributed by atoms with Crippen molar-refractivity contribution in [1.82, 2.24) is 0 Å². The molecular weight excluding hydrogens is 276 g/mol. The van der Waals surface area contributed by atoms with Crippen LogP contribution in [0.3, 0.4) is 0 Å². The maximum atomic E-state index is 5.69. The Balaban J connectivity index is 1.92. The van der Waals surface area contributed by atoms with Crippen molar-refractivity contribution in [3.05, 3.63) is 65.2 Å². The minimum atomic E-state index is 0.417. The van der Waals surface area contributed by atoms with Crippen LogP contribution < -0.4 is 11.1 Å². The number of thiocarbonyl (C=S) groups is 1. The van der Waals surface area contributed by atoms with Gasteiger partial charge in [-0.2, -0.15) is 0 Å². The molecule has 0 aromatic heterocycles. The first-order valence-electron chi connectivity index (χ1n) is 7.27. The van der Waals surface area contributed by atoms with Crippen LogP contribution in [0.1, 0.15) is 30.0 Å². The van der Waals surface area contributed by atoms with Crippen molar-refractivity contribution in [3.63, 3.8) is 0 Å². The molecule has 1 atom stereocenters. The molecule has 0 spiro atoms. The summed E-state index contributed by atoms with van der Waals surface area (Å²) >= 11 is 5.03. The molecule has 0 aliphatic carbocycles. The Kier molecular flexibility index (Phi) is 5.34. The van der Waals surface area contributed by atoms with Crippen molar-refractivity contribution in [2.24, 2.45) is 5.73 Å². The molecule has 0 aliphatic heterocycles. The Morgan fingerprint density at radius 1 is 1.19 bits per heavy atom. The van der Waals surface area contributed by atoms with Gasteiger partial charge in [-0.25, -0.2) is 0 Å². The third-order valence-corrected chi connectivity index (χ3v) is 3.83. The van der Waals surface area contributed by atoms with Crippen LogP contribution in [-0.2, 0) is 6.42 Å². The molecule has 2 aromatic carbocycles. The zero-order valence-electron chi connectivity index (χ0n) is 12.6. The van der Waals surface area contributed by atoms with E-state index in [4.69, 9.17) is 18.0 Å². The van der Waals surface area contributed by atoms with Gasteiger partial charge in [0.2, 0.25) is 0 Å². The van der Waals surface area contributed by atoms with Crippen LogP contribution in [0.4, 0.5) is 5.69 Å². The highest BCUT2D eigenvalue weighted by Crippen LogP contribution is 2.17. The van der Waals surface area contributed by atoms with Gasteiger partial charge in [0.05, 0.1) is 0 Å². The first-order chi connectivity index (χ1) is 10.1. The molecule has 1 unspecified atom stereocenters. The van der Waals surface area contributed by atoms with E-state index in [0.29, 0.717) is 11.0 Å². The number of hydrogen-bond donors (Lipinski definition) is 2. The topological polar surface area (TPSA) is 38.0 Å². The number of aryl methyl sites for hydroxylation is 2. The monoisotopic (exact) mass is 298 g/mol. The Bertz CT molecular complexity index is 608. The zero-order chi connectivity index (χ0) is 15.2. The minimum absolute atomic E-state index is 0.417. The highest BCUT2D eigenvalue weighted by atomic mass is 32.1. The lowest BCUT2D eigenvalue weighted by Gasteiger charge is -2.16. The number of hydrogen-bond acceptors (Lipinski definition) is 2. The molecule has 110 valence electrons. The Hall–Kier alpha value is -1.87.